The third-order valence-electron chi connectivity index (χ3n) is 12.3. The largest absolute Gasteiger partial charge is 0.292 e. The molecule has 3 saturated carbocycles. The molecule has 8 atom stereocenters. The van der Waals surface area contributed by atoms with Crippen molar-refractivity contribution in [3.63, 3.8) is 0 Å². The van der Waals surface area contributed by atoms with Crippen LogP contribution < -0.4 is 0 Å². The molecular weight excluding hydrogens is 551 g/mol. The Labute approximate surface area is 268 Å². The highest BCUT2D eigenvalue weighted by atomic mass is 32.2. The predicted molar refractivity (Wildman–Crippen MR) is 187 cm³/mol. The van der Waals surface area contributed by atoms with E-state index in [1.165, 1.54) is 97.6 Å². The van der Waals surface area contributed by atoms with Crippen LogP contribution in [0.4, 0.5) is 0 Å². The molecule has 0 amide bonds. The van der Waals surface area contributed by atoms with Crippen molar-refractivity contribution in [1.29, 1.82) is 0 Å². The van der Waals surface area contributed by atoms with E-state index in [9.17, 15) is 0 Å². The van der Waals surface area contributed by atoms with Crippen molar-refractivity contribution in [2.45, 2.75) is 98.8 Å². The summed E-state index contributed by atoms with van der Waals surface area (Å²) >= 11 is 2.45. The number of rotatable bonds is 4. The van der Waals surface area contributed by atoms with Crippen molar-refractivity contribution < 1.29 is 0 Å². The van der Waals surface area contributed by atoms with Crippen LogP contribution in [0.3, 0.4) is 0 Å². The number of fused-ring (bicyclic) bond motifs is 5. The van der Waals surface area contributed by atoms with Crippen LogP contribution in [0.15, 0.2) is 103 Å². The second kappa shape index (κ2) is 11.5. The average Bonchev–Trinajstić information content (AvgIpc) is 3.44. The normalized spacial score (nSPS) is 32.8. The number of hydrogen-bond donors (Lipinski definition) is 0. The van der Waals surface area contributed by atoms with Crippen molar-refractivity contribution in [3.05, 3.63) is 109 Å². The summed E-state index contributed by atoms with van der Waals surface area (Å²) in [4.78, 5) is 3.20. The number of nitrogens with zero attached hydrogens (tertiary/aromatic N) is 1. The van der Waals surface area contributed by atoms with E-state index >= 15 is 0 Å². The molecule has 0 spiro atoms. The van der Waals surface area contributed by atoms with Gasteiger partial charge in [-0.1, -0.05) is 110 Å². The van der Waals surface area contributed by atoms with E-state index in [1.807, 2.05) is 0 Å². The molecule has 2 aliphatic heterocycles. The lowest BCUT2D eigenvalue weighted by atomic mass is 9.69. The van der Waals surface area contributed by atoms with Crippen LogP contribution in [0.2, 0.25) is 0 Å². The first-order valence-corrected chi connectivity index (χ1v) is 18.5. The molecule has 2 heterocycles. The standard InChI is InChI=1S/C42H45NS/c1-2-9-28(10-3-1)31-11-6-13-33(25-31)34-14-7-12-32(26-34)29-19-21-30(22-20-29)35-23-24-38-37(27-35)36-15-8-18-41-42(36)43(38)39-16-4-5-17-40(39)44-41/h1-3,6-7,9-14,19-22,25-26,35-42H,4-5,8,15-18,23-24,27H2. The Hall–Kier alpha value is -2.81. The number of hydrogen-bond acceptors (Lipinski definition) is 2. The summed E-state index contributed by atoms with van der Waals surface area (Å²) in [6, 6.07) is 41.2. The monoisotopic (exact) mass is 595 g/mol. The summed E-state index contributed by atoms with van der Waals surface area (Å²) in [5.74, 6) is 2.61. The van der Waals surface area contributed by atoms with Crippen LogP contribution in [0.1, 0.15) is 75.7 Å². The van der Waals surface area contributed by atoms with Crippen LogP contribution >= 0.6 is 11.8 Å². The molecule has 9 rings (SSSR count). The zero-order valence-electron chi connectivity index (χ0n) is 25.9. The van der Waals surface area contributed by atoms with Crippen LogP contribution in [0.25, 0.3) is 33.4 Å². The lowest BCUT2D eigenvalue weighted by Crippen LogP contribution is -2.59. The molecule has 8 unspecified atom stereocenters. The molecule has 5 fully saturated rings. The molecule has 2 heteroatoms. The van der Waals surface area contributed by atoms with Gasteiger partial charge in [-0.15, -0.1) is 0 Å². The van der Waals surface area contributed by atoms with Crippen LogP contribution in [0, 0.1) is 11.8 Å². The molecule has 0 radical (unpaired) electrons. The molecular formula is C42H45NS. The minimum Gasteiger partial charge on any atom is -0.292 e. The van der Waals surface area contributed by atoms with E-state index in [4.69, 9.17) is 0 Å². The van der Waals surface area contributed by atoms with Gasteiger partial charge in [0.1, 0.15) is 0 Å². The van der Waals surface area contributed by atoms with E-state index < -0.39 is 0 Å². The summed E-state index contributed by atoms with van der Waals surface area (Å²) < 4.78 is 0. The van der Waals surface area contributed by atoms with Crippen molar-refractivity contribution in [2.24, 2.45) is 11.8 Å². The van der Waals surface area contributed by atoms with Gasteiger partial charge in [-0.25, -0.2) is 0 Å². The van der Waals surface area contributed by atoms with Crippen LogP contribution in [-0.2, 0) is 0 Å². The van der Waals surface area contributed by atoms with Gasteiger partial charge < -0.3 is 0 Å². The molecule has 0 N–H and O–H groups in total. The van der Waals surface area contributed by atoms with E-state index in [1.54, 1.807) is 5.56 Å². The van der Waals surface area contributed by atoms with Gasteiger partial charge in [-0.3, -0.25) is 4.90 Å². The van der Waals surface area contributed by atoms with E-state index in [2.05, 4.69) is 120 Å². The first kappa shape index (κ1) is 27.5. The molecule has 224 valence electrons. The van der Waals surface area contributed by atoms with Crippen molar-refractivity contribution in [3.8, 4) is 33.4 Å². The summed E-state index contributed by atoms with van der Waals surface area (Å²) in [6.07, 6.45) is 14.6. The lowest BCUT2D eigenvalue weighted by Gasteiger charge is -2.53. The first-order chi connectivity index (χ1) is 21.8. The molecule has 2 saturated heterocycles. The fourth-order valence-corrected chi connectivity index (χ4v) is 12.4. The topological polar surface area (TPSA) is 3.24 Å². The Bertz CT molecular complexity index is 1610. The number of benzene rings is 4. The summed E-state index contributed by atoms with van der Waals surface area (Å²) in [7, 11) is 0. The summed E-state index contributed by atoms with van der Waals surface area (Å²) in [5, 5.41) is 1.85. The average molecular weight is 596 g/mol. The summed E-state index contributed by atoms with van der Waals surface area (Å²) in [5.41, 5.74) is 9.32. The predicted octanol–water partition coefficient (Wildman–Crippen LogP) is 10.9. The highest BCUT2D eigenvalue weighted by Gasteiger charge is 2.59. The van der Waals surface area contributed by atoms with Gasteiger partial charge in [0.15, 0.2) is 0 Å². The van der Waals surface area contributed by atoms with Crippen molar-refractivity contribution in [1.82, 2.24) is 4.90 Å². The van der Waals surface area contributed by atoms with Gasteiger partial charge in [0.2, 0.25) is 0 Å². The Kier molecular flexibility index (Phi) is 7.20. The fourth-order valence-electron chi connectivity index (χ4n) is 10.3. The molecule has 4 aromatic rings. The Balaban J connectivity index is 0.938. The molecule has 44 heavy (non-hydrogen) atoms. The molecule has 4 aromatic carbocycles. The quantitative estimate of drug-likeness (QED) is 0.231. The lowest BCUT2D eigenvalue weighted by molar-refractivity contribution is 0.0606. The molecule has 5 aliphatic rings. The molecule has 1 nitrogen and oxygen atoms in total. The number of thioether (sulfide) groups is 1. The highest BCUT2D eigenvalue weighted by Crippen LogP contribution is 2.59. The van der Waals surface area contributed by atoms with Crippen LogP contribution in [0.5, 0.6) is 0 Å². The molecule has 3 aliphatic carbocycles. The SMILES string of the molecule is c1ccc(-c2cccc(-c3cccc(-c4ccc(C5CCC6C(C5)C5CCCC7SC8CCCCC8N6C75)cc4)c3)c2)cc1. The maximum absolute atomic E-state index is 3.20. The van der Waals surface area contributed by atoms with E-state index in [-0.39, 0.29) is 0 Å². The third kappa shape index (κ3) is 4.79. The second-order valence-electron chi connectivity index (χ2n) is 14.5. The van der Waals surface area contributed by atoms with Crippen LogP contribution in [-0.4, -0.2) is 33.5 Å². The minimum absolute atomic E-state index is 0.730. The first-order valence-electron chi connectivity index (χ1n) is 17.6. The fraction of sp³-hybridized carbons (Fsp3) is 0.429. The minimum atomic E-state index is 0.730. The Morgan fingerprint density at radius 2 is 1.11 bits per heavy atom. The maximum atomic E-state index is 3.20. The molecule has 0 aromatic heterocycles. The zero-order chi connectivity index (χ0) is 29.0. The highest BCUT2D eigenvalue weighted by molar-refractivity contribution is 8.00. The molecule has 0 bridgehead atoms. The smallest absolute Gasteiger partial charge is 0.0252 e. The Morgan fingerprint density at radius 3 is 1.86 bits per heavy atom. The zero-order valence-corrected chi connectivity index (χ0v) is 26.7. The van der Waals surface area contributed by atoms with Gasteiger partial charge >= 0.3 is 0 Å². The van der Waals surface area contributed by atoms with Crippen molar-refractivity contribution in [2.75, 3.05) is 0 Å². The van der Waals surface area contributed by atoms with Gasteiger partial charge in [-0.2, -0.15) is 11.8 Å². The van der Waals surface area contributed by atoms with Crippen molar-refractivity contribution >= 4 is 11.8 Å². The maximum Gasteiger partial charge on any atom is 0.0252 e. The van der Waals surface area contributed by atoms with Gasteiger partial charge in [0, 0.05) is 28.6 Å². The van der Waals surface area contributed by atoms with Gasteiger partial charge in [-0.05, 0) is 114 Å². The second-order valence-corrected chi connectivity index (χ2v) is 16.0. The third-order valence-corrected chi connectivity index (χ3v) is 14.0. The van der Waals surface area contributed by atoms with E-state index in [0.29, 0.717) is 0 Å². The van der Waals surface area contributed by atoms with Gasteiger partial charge in [0.25, 0.3) is 0 Å². The Morgan fingerprint density at radius 1 is 0.477 bits per heavy atom. The van der Waals surface area contributed by atoms with E-state index in [0.717, 1.165) is 46.4 Å². The van der Waals surface area contributed by atoms with Gasteiger partial charge in [0.05, 0.1) is 0 Å². The summed E-state index contributed by atoms with van der Waals surface area (Å²) in [6.45, 7) is 0.